The molecule has 4 heteroatoms. The molecule has 0 unspecified atom stereocenters. The zero-order valence-electron chi connectivity index (χ0n) is 23.2. The maximum Gasteiger partial charge on any atom is 0.193 e. The fourth-order valence-electron chi connectivity index (χ4n) is 4.15. The Morgan fingerprint density at radius 2 is 1.05 bits per heavy atom. The minimum atomic E-state index is 0.0458. The normalized spacial score (nSPS) is 10.3. The quantitative estimate of drug-likeness (QED) is 0.192. The Hall–Kier alpha value is -4.41. The van der Waals surface area contributed by atoms with Crippen molar-refractivity contribution < 1.29 is 14.3 Å². The molecule has 0 atom stereocenters. The second kappa shape index (κ2) is 13.6. The van der Waals surface area contributed by atoms with E-state index in [1.165, 1.54) is 10.5 Å². The van der Waals surface area contributed by atoms with E-state index in [1.807, 2.05) is 105 Å². The number of rotatable bonds is 7. The van der Waals surface area contributed by atoms with Crippen molar-refractivity contribution in [3.8, 4) is 5.75 Å². The molecule has 0 aromatic heterocycles. The van der Waals surface area contributed by atoms with Crippen LogP contribution in [0.2, 0.25) is 0 Å². The first kappa shape index (κ1) is 28.6. The molecule has 0 heterocycles. The van der Waals surface area contributed by atoms with Gasteiger partial charge >= 0.3 is 0 Å². The lowest BCUT2D eigenvalue weighted by Crippen LogP contribution is -2.02. The minimum absolute atomic E-state index is 0.0458. The Labute approximate surface area is 240 Å². The molecule has 0 spiro atoms. The Morgan fingerprint density at radius 3 is 1.65 bits per heavy atom. The van der Waals surface area contributed by atoms with Gasteiger partial charge in [0.05, 0.1) is 7.11 Å². The molecule has 0 aliphatic heterocycles. The van der Waals surface area contributed by atoms with Gasteiger partial charge in [0.1, 0.15) is 5.75 Å². The van der Waals surface area contributed by atoms with E-state index in [9.17, 15) is 9.59 Å². The smallest absolute Gasteiger partial charge is 0.193 e. The van der Waals surface area contributed by atoms with Crippen LogP contribution in [0.15, 0.2) is 131 Å². The molecule has 5 aromatic carbocycles. The second-order valence-electron chi connectivity index (χ2n) is 9.52. The third-order valence-electron chi connectivity index (χ3n) is 6.35. The van der Waals surface area contributed by atoms with Crippen molar-refractivity contribution in [2.24, 2.45) is 0 Å². The number of aryl methyl sites for hydroxylation is 3. The molecule has 0 aliphatic carbocycles. The predicted molar refractivity (Wildman–Crippen MR) is 164 cm³/mol. The average molecular weight is 545 g/mol. The minimum Gasteiger partial charge on any atom is -0.496 e. The first-order valence-corrected chi connectivity index (χ1v) is 13.9. The molecule has 3 nitrogen and oxygen atoms in total. The van der Waals surface area contributed by atoms with Crippen LogP contribution in [0.25, 0.3) is 0 Å². The Morgan fingerprint density at radius 1 is 0.525 bits per heavy atom. The summed E-state index contributed by atoms with van der Waals surface area (Å²) < 4.78 is 5.19. The molecular weight excluding hydrogens is 512 g/mol. The molecule has 200 valence electrons. The molecule has 0 radical (unpaired) electrons. The lowest BCUT2D eigenvalue weighted by Gasteiger charge is -2.07. The standard InChI is InChI=1S/C20H16OS.C16H16O2/c1-15-7-11-18(12-8-15)22-19-13-9-17(10-14-19)20(21)16-5-3-2-4-6-16;1-11-5-4-6-13(9-11)16(17)14-7-8-15(18-3)12(2)10-14/h2-14H,1H3;4-10H,1-3H3. The summed E-state index contributed by atoms with van der Waals surface area (Å²) in [6, 6.07) is 38.7. The highest BCUT2D eigenvalue weighted by molar-refractivity contribution is 7.99. The summed E-state index contributed by atoms with van der Waals surface area (Å²) in [4.78, 5) is 27.0. The Kier molecular flexibility index (Phi) is 9.71. The molecule has 5 rings (SSSR count). The second-order valence-corrected chi connectivity index (χ2v) is 10.7. The highest BCUT2D eigenvalue weighted by Gasteiger charge is 2.11. The number of carbonyl (C=O) groups excluding carboxylic acids is 2. The van der Waals surface area contributed by atoms with Crippen LogP contribution < -0.4 is 4.74 Å². The molecule has 0 fully saturated rings. The maximum absolute atomic E-state index is 12.3. The van der Waals surface area contributed by atoms with Crippen molar-refractivity contribution >= 4 is 23.3 Å². The van der Waals surface area contributed by atoms with Crippen LogP contribution in [0.5, 0.6) is 5.75 Å². The fraction of sp³-hybridized carbons (Fsp3) is 0.111. The fourth-order valence-corrected chi connectivity index (χ4v) is 4.96. The van der Waals surface area contributed by atoms with E-state index in [-0.39, 0.29) is 11.6 Å². The maximum atomic E-state index is 12.3. The summed E-state index contributed by atoms with van der Waals surface area (Å²) in [6.07, 6.45) is 0. The zero-order valence-corrected chi connectivity index (χ0v) is 24.0. The molecule has 0 saturated carbocycles. The van der Waals surface area contributed by atoms with E-state index < -0.39 is 0 Å². The van der Waals surface area contributed by atoms with Crippen molar-refractivity contribution in [3.05, 3.63) is 160 Å². The predicted octanol–water partition coefficient (Wildman–Crippen LogP) is 8.92. The van der Waals surface area contributed by atoms with E-state index in [0.717, 1.165) is 38.5 Å². The SMILES string of the molecule is COc1ccc(C(=O)c2cccc(C)c2)cc1C.Cc1ccc(Sc2ccc(C(=O)c3ccccc3)cc2)cc1. The van der Waals surface area contributed by atoms with Gasteiger partial charge in [-0.1, -0.05) is 83.6 Å². The summed E-state index contributed by atoms with van der Waals surface area (Å²) in [6.45, 7) is 6.00. The van der Waals surface area contributed by atoms with E-state index in [4.69, 9.17) is 4.74 Å². The van der Waals surface area contributed by atoms with E-state index in [0.29, 0.717) is 5.56 Å². The molecule has 0 amide bonds. The van der Waals surface area contributed by atoms with Gasteiger partial charge in [-0.3, -0.25) is 9.59 Å². The molecule has 0 N–H and O–H groups in total. The number of ether oxygens (including phenoxy) is 1. The summed E-state index contributed by atoms with van der Waals surface area (Å²) >= 11 is 1.70. The largest absolute Gasteiger partial charge is 0.496 e. The van der Waals surface area contributed by atoms with Crippen molar-refractivity contribution in [2.45, 2.75) is 30.6 Å². The van der Waals surface area contributed by atoms with Crippen molar-refractivity contribution in [1.29, 1.82) is 0 Å². The van der Waals surface area contributed by atoms with Gasteiger partial charge in [0.25, 0.3) is 0 Å². The van der Waals surface area contributed by atoms with E-state index in [2.05, 4.69) is 31.2 Å². The van der Waals surface area contributed by atoms with Crippen LogP contribution in [0.4, 0.5) is 0 Å². The van der Waals surface area contributed by atoms with Gasteiger partial charge in [0.2, 0.25) is 0 Å². The summed E-state index contributed by atoms with van der Waals surface area (Å²) in [5, 5.41) is 0. The van der Waals surface area contributed by atoms with Gasteiger partial charge in [-0.05, 0) is 87.0 Å². The van der Waals surface area contributed by atoms with Gasteiger partial charge < -0.3 is 4.74 Å². The number of methoxy groups -OCH3 is 1. The zero-order chi connectivity index (χ0) is 28.5. The lowest BCUT2D eigenvalue weighted by atomic mass is 10.00. The van der Waals surface area contributed by atoms with Gasteiger partial charge in [0, 0.05) is 32.0 Å². The molecular formula is C36H32O3S. The van der Waals surface area contributed by atoms with Crippen LogP contribution >= 0.6 is 11.8 Å². The number of benzene rings is 5. The molecule has 5 aromatic rings. The van der Waals surface area contributed by atoms with Crippen LogP contribution in [0.1, 0.15) is 48.5 Å². The van der Waals surface area contributed by atoms with Crippen LogP contribution in [-0.4, -0.2) is 18.7 Å². The van der Waals surface area contributed by atoms with Gasteiger partial charge in [-0.25, -0.2) is 0 Å². The highest BCUT2D eigenvalue weighted by Crippen LogP contribution is 2.28. The Bertz CT molecular complexity index is 1590. The number of hydrogen-bond donors (Lipinski definition) is 0. The highest BCUT2D eigenvalue weighted by atomic mass is 32.2. The van der Waals surface area contributed by atoms with Gasteiger partial charge in [0.15, 0.2) is 11.6 Å². The molecule has 0 saturated heterocycles. The van der Waals surface area contributed by atoms with Crippen LogP contribution in [0, 0.1) is 20.8 Å². The van der Waals surface area contributed by atoms with Gasteiger partial charge in [-0.15, -0.1) is 0 Å². The third kappa shape index (κ3) is 7.58. The molecule has 0 aliphatic rings. The summed E-state index contributed by atoms with van der Waals surface area (Å²) in [7, 11) is 1.63. The summed E-state index contributed by atoms with van der Waals surface area (Å²) in [5.74, 6) is 0.910. The van der Waals surface area contributed by atoms with E-state index >= 15 is 0 Å². The Balaban J connectivity index is 0.000000189. The number of hydrogen-bond acceptors (Lipinski definition) is 4. The van der Waals surface area contributed by atoms with Crippen molar-refractivity contribution in [3.63, 3.8) is 0 Å². The number of ketones is 2. The van der Waals surface area contributed by atoms with E-state index in [1.54, 1.807) is 24.9 Å². The van der Waals surface area contributed by atoms with Crippen molar-refractivity contribution in [2.75, 3.05) is 7.11 Å². The molecule has 0 bridgehead atoms. The average Bonchev–Trinajstić information content (AvgIpc) is 2.99. The summed E-state index contributed by atoms with van der Waals surface area (Å²) in [5.41, 5.74) is 6.18. The molecule has 40 heavy (non-hydrogen) atoms. The van der Waals surface area contributed by atoms with Crippen LogP contribution in [0.3, 0.4) is 0 Å². The first-order chi connectivity index (χ1) is 19.3. The third-order valence-corrected chi connectivity index (χ3v) is 7.36. The topological polar surface area (TPSA) is 43.4 Å². The van der Waals surface area contributed by atoms with Crippen LogP contribution in [-0.2, 0) is 0 Å². The first-order valence-electron chi connectivity index (χ1n) is 13.0. The number of carbonyl (C=O) groups is 2. The lowest BCUT2D eigenvalue weighted by molar-refractivity contribution is 0.103. The monoisotopic (exact) mass is 544 g/mol. The van der Waals surface area contributed by atoms with Gasteiger partial charge in [-0.2, -0.15) is 0 Å². The van der Waals surface area contributed by atoms with Crippen molar-refractivity contribution in [1.82, 2.24) is 0 Å².